The summed E-state index contributed by atoms with van der Waals surface area (Å²) in [4.78, 5) is 40.0. The lowest BCUT2D eigenvalue weighted by atomic mass is 9.99. The zero-order valence-electron chi connectivity index (χ0n) is 27.7. The van der Waals surface area contributed by atoms with E-state index in [4.69, 9.17) is 23.4 Å². The maximum Gasteiger partial charge on any atom is 0.331 e. The van der Waals surface area contributed by atoms with Gasteiger partial charge >= 0.3 is 11.9 Å². The Balaban J connectivity index is 1.35. The molecule has 0 bridgehead atoms. The summed E-state index contributed by atoms with van der Waals surface area (Å²) in [7, 11) is 0. The summed E-state index contributed by atoms with van der Waals surface area (Å²) in [6.07, 6.45) is -2.93. The molecule has 6 N–H and O–H groups in total. The fourth-order valence-electron chi connectivity index (χ4n) is 5.52. The molecule has 14 nitrogen and oxygen atoms in total. The van der Waals surface area contributed by atoms with Crippen LogP contribution >= 0.6 is 0 Å². The largest absolute Gasteiger partial charge is 0.508 e. The number of hydrogen-bond acceptors (Lipinski definition) is 14. The Kier molecular flexibility index (Phi) is 10.4. The first-order valence-corrected chi connectivity index (χ1v) is 16.0. The van der Waals surface area contributed by atoms with Crippen molar-refractivity contribution in [3.63, 3.8) is 0 Å². The predicted octanol–water partition coefficient (Wildman–Crippen LogP) is 4.72. The molecule has 5 aromatic rings. The Morgan fingerprint density at radius 3 is 1.75 bits per heavy atom. The molecule has 1 fully saturated rings. The van der Waals surface area contributed by atoms with Crippen LogP contribution in [0.4, 0.5) is 0 Å². The highest BCUT2D eigenvalue weighted by molar-refractivity contribution is 5.89. The van der Waals surface area contributed by atoms with Gasteiger partial charge < -0.3 is 54.0 Å². The second-order valence-corrected chi connectivity index (χ2v) is 11.9. The predicted molar refractivity (Wildman–Crippen MR) is 188 cm³/mol. The Bertz CT molecular complexity index is 2240. The van der Waals surface area contributed by atoms with Crippen LogP contribution in [0.15, 0.2) is 106 Å². The van der Waals surface area contributed by atoms with E-state index in [2.05, 4.69) is 0 Å². The summed E-state index contributed by atoms with van der Waals surface area (Å²) >= 11 is 0. The smallest absolute Gasteiger partial charge is 0.331 e. The Morgan fingerprint density at radius 1 is 0.698 bits per heavy atom. The first-order valence-electron chi connectivity index (χ1n) is 16.0. The number of ether oxygens (including phenoxy) is 4. The highest BCUT2D eigenvalue weighted by Gasteiger charge is 2.49. The molecule has 0 radical (unpaired) electrons. The fraction of sp³-hybridized carbons (Fsp3) is 0.154. The van der Waals surface area contributed by atoms with Crippen LogP contribution < -0.4 is 10.2 Å². The molecule has 4 aromatic carbocycles. The molecule has 2 heterocycles. The van der Waals surface area contributed by atoms with Crippen molar-refractivity contribution in [3.8, 4) is 45.8 Å². The maximum atomic E-state index is 14.0. The number of aromatic hydroxyl groups is 5. The minimum atomic E-state index is -1.80. The molecule has 2 unspecified atom stereocenters. The number of phenols is 5. The van der Waals surface area contributed by atoms with Gasteiger partial charge in [-0.15, -0.1) is 0 Å². The molecule has 0 amide bonds. The summed E-state index contributed by atoms with van der Waals surface area (Å²) in [5, 5.41) is 60.8. The molecule has 0 spiro atoms. The van der Waals surface area contributed by atoms with Gasteiger partial charge in [0, 0.05) is 29.8 Å². The van der Waals surface area contributed by atoms with Gasteiger partial charge in [0.15, 0.2) is 18.0 Å². The molecular formula is C39H32O14. The van der Waals surface area contributed by atoms with E-state index >= 15 is 0 Å². The molecule has 6 rings (SSSR count). The number of rotatable bonds is 9. The first kappa shape index (κ1) is 36.0. The summed E-state index contributed by atoms with van der Waals surface area (Å²) in [5.41, 5.74) is 0.154. The van der Waals surface area contributed by atoms with Crippen LogP contribution in [0.3, 0.4) is 0 Å². The molecular weight excluding hydrogens is 692 g/mol. The Hall–Kier alpha value is -6.77. The number of phenolic OH excluding ortho intramolecular Hbond substituents is 5. The number of fused-ring (bicyclic) bond motifs is 1. The van der Waals surface area contributed by atoms with E-state index in [0.717, 1.165) is 24.3 Å². The number of carbonyl (C=O) groups is 2. The highest BCUT2D eigenvalue weighted by Crippen LogP contribution is 2.38. The van der Waals surface area contributed by atoms with Gasteiger partial charge in [0.05, 0.1) is 6.10 Å². The molecule has 1 aliphatic heterocycles. The number of aliphatic hydroxyl groups is 1. The van der Waals surface area contributed by atoms with E-state index in [0.29, 0.717) is 11.1 Å². The van der Waals surface area contributed by atoms with Gasteiger partial charge in [0.2, 0.25) is 17.5 Å². The quantitative estimate of drug-likeness (QED) is 0.0894. The van der Waals surface area contributed by atoms with Gasteiger partial charge in [-0.25, -0.2) is 9.59 Å². The molecule has 1 aromatic heterocycles. The van der Waals surface area contributed by atoms with Crippen LogP contribution in [0.5, 0.6) is 34.5 Å². The molecule has 5 atom stereocenters. The summed E-state index contributed by atoms with van der Waals surface area (Å²) in [6.45, 7) is 1.45. The third-order valence-electron chi connectivity index (χ3n) is 8.15. The van der Waals surface area contributed by atoms with Crippen LogP contribution in [0.25, 0.3) is 34.4 Å². The number of esters is 2. The second-order valence-electron chi connectivity index (χ2n) is 11.9. The average Bonchev–Trinajstić information content (AvgIpc) is 3.12. The number of carbonyl (C=O) groups excluding carboxylic acids is 2. The Morgan fingerprint density at radius 2 is 1.21 bits per heavy atom. The second kappa shape index (κ2) is 15.2. The third kappa shape index (κ3) is 8.25. The molecule has 1 saturated heterocycles. The topological polar surface area (TPSA) is 223 Å². The number of aliphatic hydroxyl groups excluding tert-OH is 1. The van der Waals surface area contributed by atoms with E-state index in [1.807, 2.05) is 0 Å². The molecule has 0 saturated carbocycles. The maximum absolute atomic E-state index is 14.0. The standard InChI is InChI=1S/C39H32O14/c1-20-35(51-30(45)16-6-21-2-10-24(40)11-3-21)34(48)38(52-31(46)17-7-22-4-12-25(41)13-5-22)39(49-20)53-37-33(47)32-28(44)18-27(43)19-29(32)50-36(37)23-8-14-26(42)15-9-23/h2-20,34-35,38-44,48H,1H3/b16-6-,17-7-/t20?,34?,35-,38-,39-/m0/s1. The Labute approximate surface area is 300 Å². The van der Waals surface area contributed by atoms with Crippen LogP contribution in [-0.4, -0.2) is 73.3 Å². The zero-order chi connectivity index (χ0) is 37.8. The monoisotopic (exact) mass is 724 g/mol. The lowest BCUT2D eigenvalue weighted by Gasteiger charge is -2.41. The third-order valence-corrected chi connectivity index (χ3v) is 8.15. The zero-order valence-corrected chi connectivity index (χ0v) is 27.7. The molecule has 1 aliphatic rings. The van der Waals surface area contributed by atoms with Crippen molar-refractivity contribution in [3.05, 3.63) is 118 Å². The van der Waals surface area contributed by atoms with E-state index in [-0.39, 0.29) is 39.5 Å². The number of benzene rings is 4. The van der Waals surface area contributed by atoms with Gasteiger partial charge in [-0.1, -0.05) is 24.3 Å². The normalized spacial score (nSPS) is 20.1. The van der Waals surface area contributed by atoms with Gasteiger partial charge in [0.25, 0.3) is 0 Å². The molecule has 0 aliphatic carbocycles. The number of hydrogen-bond donors (Lipinski definition) is 6. The molecule has 14 heteroatoms. The van der Waals surface area contributed by atoms with Gasteiger partial charge in [0.1, 0.15) is 45.8 Å². The first-order chi connectivity index (χ1) is 25.4. The van der Waals surface area contributed by atoms with Crippen LogP contribution in [0, 0.1) is 0 Å². The molecule has 272 valence electrons. The lowest BCUT2D eigenvalue weighted by molar-refractivity contribution is -0.275. The van der Waals surface area contributed by atoms with Crippen molar-refractivity contribution in [1.29, 1.82) is 0 Å². The SMILES string of the molecule is CC1O[C@@H](Oc2c(-c3ccc(O)cc3)oc3cc(O)cc(O)c3c2=O)[C@@H](OC(=O)/C=C\c2ccc(O)cc2)C(O)[C@H]1OC(=O)/C=C\c1ccc(O)cc1. The van der Waals surface area contributed by atoms with Crippen molar-refractivity contribution in [2.45, 2.75) is 37.6 Å². The summed E-state index contributed by atoms with van der Waals surface area (Å²) < 4.78 is 29.1. The lowest BCUT2D eigenvalue weighted by Crippen LogP contribution is -2.61. The van der Waals surface area contributed by atoms with Crippen molar-refractivity contribution in [2.24, 2.45) is 0 Å². The highest BCUT2D eigenvalue weighted by atomic mass is 16.7. The van der Waals surface area contributed by atoms with Crippen LogP contribution in [0.1, 0.15) is 18.1 Å². The van der Waals surface area contributed by atoms with Gasteiger partial charge in [-0.2, -0.15) is 0 Å². The minimum absolute atomic E-state index is 0.00905. The van der Waals surface area contributed by atoms with Crippen molar-refractivity contribution in [1.82, 2.24) is 0 Å². The van der Waals surface area contributed by atoms with E-state index in [1.54, 1.807) is 12.1 Å². The molecule has 53 heavy (non-hydrogen) atoms. The van der Waals surface area contributed by atoms with Crippen molar-refractivity contribution in [2.75, 3.05) is 0 Å². The van der Waals surface area contributed by atoms with Gasteiger partial charge in [-0.05, 0) is 78.7 Å². The summed E-state index contributed by atoms with van der Waals surface area (Å²) in [5.74, 6) is -3.77. The van der Waals surface area contributed by atoms with Crippen LogP contribution in [-0.2, 0) is 23.8 Å². The van der Waals surface area contributed by atoms with Crippen molar-refractivity contribution < 1.29 is 63.6 Å². The van der Waals surface area contributed by atoms with Crippen LogP contribution in [0.2, 0.25) is 0 Å². The van der Waals surface area contributed by atoms with E-state index < -0.39 is 65.3 Å². The van der Waals surface area contributed by atoms with Gasteiger partial charge in [-0.3, -0.25) is 4.79 Å². The van der Waals surface area contributed by atoms with E-state index in [1.165, 1.54) is 79.7 Å². The summed E-state index contributed by atoms with van der Waals surface area (Å²) in [6, 6.07) is 19.3. The average molecular weight is 725 g/mol. The minimum Gasteiger partial charge on any atom is -0.508 e. The van der Waals surface area contributed by atoms with E-state index in [9.17, 15) is 45.0 Å². The van der Waals surface area contributed by atoms with Crippen molar-refractivity contribution >= 4 is 35.1 Å². The fourth-order valence-corrected chi connectivity index (χ4v) is 5.52.